The van der Waals surface area contributed by atoms with Crippen molar-refractivity contribution in [1.82, 2.24) is 19.9 Å². The maximum atomic E-state index is 5.45. The summed E-state index contributed by atoms with van der Waals surface area (Å²) in [6.45, 7) is 10.9. The molecule has 2 aliphatic heterocycles. The van der Waals surface area contributed by atoms with Gasteiger partial charge in [0.15, 0.2) is 0 Å². The summed E-state index contributed by atoms with van der Waals surface area (Å²) in [5, 5.41) is 0. The molecule has 0 N–H and O–H groups in total. The van der Waals surface area contributed by atoms with Gasteiger partial charge in [-0.15, -0.1) is 0 Å². The number of aryl methyl sites for hydroxylation is 2. The Balaban J connectivity index is 1.46. The Bertz CT molecular complexity index is 755. The zero-order chi connectivity index (χ0) is 17.9. The first kappa shape index (κ1) is 17.0. The van der Waals surface area contributed by atoms with Gasteiger partial charge < -0.3 is 19.4 Å². The summed E-state index contributed by atoms with van der Waals surface area (Å²) in [5.41, 5.74) is 0.950. The monoisotopic (exact) mass is 355 g/mol. The van der Waals surface area contributed by atoms with Crippen LogP contribution in [0.1, 0.15) is 11.5 Å². The summed E-state index contributed by atoms with van der Waals surface area (Å²) in [7, 11) is 0. The van der Waals surface area contributed by atoms with Crippen molar-refractivity contribution in [2.75, 3.05) is 67.2 Å². The molecule has 0 saturated carbocycles. The van der Waals surface area contributed by atoms with Crippen LogP contribution in [-0.2, 0) is 4.74 Å². The van der Waals surface area contributed by atoms with Gasteiger partial charge in [-0.3, -0.25) is 4.98 Å². The van der Waals surface area contributed by atoms with Gasteiger partial charge in [-0.25, -0.2) is 15.0 Å². The summed E-state index contributed by atoms with van der Waals surface area (Å²) in [6, 6.07) is 2.11. The lowest BCUT2D eigenvalue weighted by atomic mass is 10.3. The molecule has 138 valence electrons. The van der Waals surface area contributed by atoms with Gasteiger partial charge in [0.1, 0.15) is 23.3 Å². The minimum absolute atomic E-state index is 0.759. The number of aromatic nitrogens is 4. The quantitative estimate of drug-likeness (QED) is 0.809. The molecule has 2 aromatic rings. The minimum Gasteiger partial charge on any atom is -0.378 e. The molecule has 4 heterocycles. The van der Waals surface area contributed by atoms with E-state index in [-0.39, 0.29) is 0 Å². The Hall–Kier alpha value is -2.48. The molecule has 2 aromatic heterocycles. The molecule has 2 aliphatic rings. The van der Waals surface area contributed by atoms with Crippen molar-refractivity contribution in [3.05, 3.63) is 30.0 Å². The Kier molecular flexibility index (Phi) is 4.83. The molecule has 2 fully saturated rings. The van der Waals surface area contributed by atoms with E-state index in [9.17, 15) is 0 Å². The van der Waals surface area contributed by atoms with Gasteiger partial charge in [0.25, 0.3) is 0 Å². The fraction of sp³-hybridized carbons (Fsp3) is 0.556. The molecular formula is C18H25N7O. The average Bonchev–Trinajstić information content (AvgIpc) is 2.68. The van der Waals surface area contributed by atoms with Crippen LogP contribution in [0.15, 0.2) is 18.5 Å². The lowest BCUT2D eigenvalue weighted by molar-refractivity contribution is 0.122. The van der Waals surface area contributed by atoms with Crippen LogP contribution < -0.4 is 14.7 Å². The number of hydrogen-bond donors (Lipinski definition) is 0. The van der Waals surface area contributed by atoms with E-state index in [1.54, 1.807) is 6.20 Å². The number of morpholine rings is 1. The predicted molar refractivity (Wildman–Crippen MR) is 101 cm³/mol. The van der Waals surface area contributed by atoms with Gasteiger partial charge in [0.2, 0.25) is 0 Å². The van der Waals surface area contributed by atoms with Crippen molar-refractivity contribution in [2.45, 2.75) is 13.8 Å². The number of piperazine rings is 1. The van der Waals surface area contributed by atoms with Crippen LogP contribution in [0.5, 0.6) is 0 Å². The van der Waals surface area contributed by atoms with Crippen LogP contribution >= 0.6 is 0 Å². The van der Waals surface area contributed by atoms with Crippen molar-refractivity contribution >= 4 is 17.5 Å². The van der Waals surface area contributed by atoms with Gasteiger partial charge in [0, 0.05) is 51.5 Å². The topological polar surface area (TPSA) is 70.5 Å². The van der Waals surface area contributed by atoms with Crippen molar-refractivity contribution in [3.63, 3.8) is 0 Å². The Morgan fingerprint density at radius 3 is 1.92 bits per heavy atom. The molecule has 0 spiro atoms. The average molecular weight is 355 g/mol. The second-order valence-corrected chi connectivity index (χ2v) is 6.72. The standard InChI is InChI=1S/C18H25N7O/c1-14-12-19-13-18(20-14)24-5-3-23(4-6-24)16-11-17(22-15(2)21-16)25-7-9-26-10-8-25/h11-13H,3-10H2,1-2H3. The normalized spacial score (nSPS) is 18.3. The number of ether oxygens (including phenoxy) is 1. The van der Waals surface area contributed by atoms with E-state index in [2.05, 4.69) is 40.7 Å². The molecule has 4 rings (SSSR count). The second-order valence-electron chi connectivity index (χ2n) is 6.72. The zero-order valence-corrected chi connectivity index (χ0v) is 15.4. The molecule has 0 aromatic carbocycles. The highest BCUT2D eigenvalue weighted by molar-refractivity contribution is 5.52. The van der Waals surface area contributed by atoms with Crippen molar-refractivity contribution in [3.8, 4) is 0 Å². The zero-order valence-electron chi connectivity index (χ0n) is 15.4. The smallest absolute Gasteiger partial charge is 0.147 e. The van der Waals surface area contributed by atoms with Gasteiger partial charge in [-0.1, -0.05) is 0 Å². The summed E-state index contributed by atoms with van der Waals surface area (Å²) < 4.78 is 5.45. The fourth-order valence-corrected chi connectivity index (χ4v) is 3.42. The van der Waals surface area contributed by atoms with Crippen LogP contribution in [0.4, 0.5) is 17.5 Å². The van der Waals surface area contributed by atoms with E-state index in [1.807, 2.05) is 20.0 Å². The lowest BCUT2D eigenvalue weighted by Crippen LogP contribution is -2.47. The summed E-state index contributed by atoms with van der Waals surface area (Å²) in [4.78, 5) is 25.0. The van der Waals surface area contributed by atoms with E-state index in [1.165, 1.54) is 0 Å². The van der Waals surface area contributed by atoms with Gasteiger partial charge >= 0.3 is 0 Å². The van der Waals surface area contributed by atoms with Gasteiger partial charge in [-0.05, 0) is 13.8 Å². The molecule has 8 heteroatoms. The highest BCUT2D eigenvalue weighted by Gasteiger charge is 2.21. The van der Waals surface area contributed by atoms with Crippen LogP contribution in [-0.4, -0.2) is 72.4 Å². The number of nitrogens with zero attached hydrogens (tertiary/aromatic N) is 7. The molecule has 8 nitrogen and oxygen atoms in total. The van der Waals surface area contributed by atoms with Crippen LogP contribution in [0, 0.1) is 13.8 Å². The Morgan fingerprint density at radius 2 is 1.31 bits per heavy atom. The number of rotatable bonds is 3. The first-order valence-corrected chi connectivity index (χ1v) is 9.16. The first-order chi connectivity index (χ1) is 12.7. The largest absolute Gasteiger partial charge is 0.378 e. The minimum atomic E-state index is 0.759. The fourth-order valence-electron chi connectivity index (χ4n) is 3.42. The van der Waals surface area contributed by atoms with Crippen LogP contribution in [0.3, 0.4) is 0 Å². The molecule has 0 unspecified atom stereocenters. The molecule has 0 aliphatic carbocycles. The van der Waals surface area contributed by atoms with Gasteiger partial charge in [0.05, 0.1) is 25.1 Å². The Morgan fingerprint density at radius 1 is 0.731 bits per heavy atom. The maximum absolute atomic E-state index is 5.45. The molecule has 0 bridgehead atoms. The van der Waals surface area contributed by atoms with E-state index in [0.29, 0.717) is 0 Å². The third kappa shape index (κ3) is 3.70. The number of hydrogen-bond acceptors (Lipinski definition) is 8. The SMILES string of the molecule is Cc1cncc(N2CCN(c3cc(N4CCOCC4)nc(C)n3)CC2)n1. The van der Waals surface area contributed by atoms with E-state index < -0.39 is 0 Å². The van der Waals surface area contributed by atoms with Crippen LogP contribution in [0.2, 0.25) is 0 Å². The number of anilines is 3. The van der Waals surface area contributed by atoms with Crippen molar-refractivity contribution in [1.29, 1.82) is 0 Å². The van der Waals surface area contributed by atoms with Gasteiger partial charge in [-0.2, -0.15) is 0 Å². The molecule has 0 amide bonds. The lowest BCUT2D eigenvalue weighted by Gasteiger charge is -2.36. The molecule has 0 atom stereocenters. The molecule has 2 saturated heterocycles. The summed E-state index contributed by atoms with van der Waals surface area (Å²) in [5.74, 6) is 3.78. The van der Waals surface area contributed by atoms with E-state index in [4.69, 9.17) is 4.74 Å². The van der Waals surface area contributed by atoms with Crippen LogP contribution in [0.25, 0.3) is 0 Å². The molecule has 0 radical (unpaired) electrons. The van der Waals surface area contributed by atoms with Crippen molar-refractivity contribution in [2.24, 2.45) is 0 Å². The maximum Gasteiger partial charge on any atom is 0.147 e. The Labute approximate surface area is 153 Å². The first-order valence-electron chi connectivity index (χ1n) is 9.16. The van der Waals surface area contributed by atoms with Crippen molar-refractivity contribution < 1.29 is 4.74 Å². The third-order valence-corrected chi connectivity index (χ3v) is 4.82. The van der Waals surface area contributed by atoms with E-state index >= 15 is 0 Å². The third-order valence-electron chi connectivity index (χ3n) is 4.82. The summed E-state index contributed by atoms with van der Waals surface area (Å²) in [6.07, 6.45) is 3.63. The predicted octanol–water partition coefficient (Wildman–Crippen LogP) is 1.05. The van der Waals surface area contributed by atoms with E-state index in [0.717, 1.165) is 81.5 Å². The highest BCUT2D eigenvalue weighted by atomic mass is 16.5. The highest BCUT2D eigenvalue weighted by Crippen LogP contribution is 2.22. The summed E-state index contributed by atoms with van der Waals surface area (Å²) >= 11 is 0. The molecular weight excluding hydrogens is 330 g/mol. The molecule has 26 heavy (non-hydrogen) atoms. The second kappa shape index (κ2) is 7.41.